The van der Waals surface area contributed by atoms with Gasteiger partial charge < -0.3 is 5.32 Å². The Morgan fingerprint density at radius 1 is 1.26 bits per heavy atom. The average molecular weight is 251 g/mol. The second kappa shape index (κ2) is 5.03. The zero-order chi connectivity index (χ0) is 13.8. The molecule has 1 heterocycles. The van der Waals surface area contributed by atoms with Crippen LogP contribution in [0.1, 0.15) is 27.2 Å². The van der Waals surface area contributed by atoms with E-state index in [0.717, 1.165) is 0 Å². The Bertz CT molecular complexity index is 700. The van der Waals surface area contributed by atoms with Gasteiger partial charge in [-0.05, 0) is 31.2 Å². The highest BCUT2D eigenvalue weighted by molar-refractivity contribution is 6.04. The van der Waals surface area contributed by atoms with Gasteiger partial charge in [0.2, 0.25) is 0 Å². The third kappa shape index (κ3) is 2.43. The van der Waals surface area contributed by atoms with E-state index < -0.39 is 0 Å². The maximum absolute atomic E-state index is 11.9. The summed E-state index contributed by atoms with van der Waals surface area (Å²) in [6.07, 6.45) is 0. The monoisotopic (exact) mass is 251 g/mol. The number of aromatic nitrogens is 2. The van der Waals surface area contributed by atoms with Crippen LogP contribution in [0.15, 0.2) is 24.3 Å². The van der Waals surface area contributed by atoms with Crippen molar-refractivity contribution >= 4 is 11.7 Å². The number of hydrogen-bond acceptors (Lipinski definition) is 4. The molecular weight excluding hydrogens is 242 g/mol. The largest absolute Gasteiger partial charge is 0.304 e. The normalized spacial score (nSPS) is 9.42. The van der Waals surface area contributed by atoms with E-state index in [1.165, 1.54) is 0 Å². The van der Waals surface area contributed by atoms with Gasteiger partial charge in [-0.2, -0.15) is 15.6 Å². The van der Waals surface area contributed by atoms with Crippen molar-refractivity contribution in [2.45, 2.75) is 6.92 Å². The van der Waals surface area contributed by atoms with Crippen molar-refractivity contribution in [1.82, 2.24) is 10.2 Å². The van der Waals surface area contributed by atoms with Crippen LogP contribution >= 0.6 is 0 Å². The topological polar surface area (TPSA) is 105 Å². The Morgan fingerprint density at radius 2 is 1.95 bits per heavy atom. The van der Waals surface area contributed by atoms with Crippen LogP contribution in [0.5, 0.6) is 0 Å². The molecule has 1 amide bonds. The molecule has 2 N–H and O–H groups in total. The number of nitrogens with one attached hydrogen (secondary N) is 2. The fourth-order valence-corrected chi connectivity index (χ4v) is 1.53. The molecule has 1 aromatic carbocycles. The molecule has 19 heavy (non-hydrogen) atoms. The summed E-state index contributed by atoms with van der Waals surface area (Å²) in [5, 5.41) is 26.7. The third-order valence-electron chi connectivity index (χ3n) is 2.57. The number of rotatable bonds is 2. The lowest BCUT2D eigenvalue weighted by molar-refractivity contribution is 0.102. The molecule has 0 bridgehead atoms. The first-order chi connectivity index (χ1) is 9.15. The molecule has 0 saturated heterocycles. The maximum atomic E-state index is 11.9. The summed E-state index contributed by atoms with van der Waals surface area (Å²) in [5.41, 5.74) is 1.77. The summed E-state index contributed by atoms with van der Waals surface area (Å²) in [7, 11) is 0. The Morgan fingerprint density at radius 3 is 2.53 bits per heavy atom. The molecular formula is C13H9N5O. The van der Waals surface area contributed by atoms with Crippen molar-refractivity contribution in [3.05, 3.63) is 46.6 Å². The van der Waals surface area contributed by atoms with Crippen molar-refractivity contribution in [2.24, 2.45) is 0 Å². The molecule has 0 radical (unpaired) electrons. The molecule has 0 aliphatic heterocycles. The summed E-state index contributed by atoms with van der Waals surface area (Å²) in [5.74, 6) is -0.179. The SMILES string of the molecule is Cc1[nH]nc(NC(=O)c2ccc(C#N)cc2)c1C#N. The van der Waals surface area contributed by atoms with Gasteiger partial charge in [0.1, 0.15) is 11.6 Å². The number of aromatic amines is 1. The first-order valence-corrected chi connectivity index (χ1v) is 5.42. The van der Waals surface area contributed by atoms with Gasteiger partial charge in [0.15, 0.2) is 5.82 Å². The van der Waals surface area contributed by atoms with E-state index in [-0.39, 0.29) is 11.7 Å². The summed E-state index contributed by atoms with van der Waals surface area (Å²) >= 11 is 0. The molecule has 0 fully saturated rings. The van der Waals surface area contributed by atoms with Gasteiger partial charge in [0.05, 0.1) is 17.3 Å². The zero-order valence-corrected chi connectivity index (χ0v) is 10.1. The molecule has 2 rings (SSSR count). The molecule has 6 nitrogen and oxygen atoms in total. The van der Waals surface area contributed by atoms with Crippen LogP contribution in [0, 0.1) is 29.6 Å². The first kappa shape index (κ1) is 12.3. The lowest BCUT2D eigenvalue weighted by atomic mass is 10.1. The fourth-order valence-electron chi connectivity index (χ4n) is 1.53. The van der Waals surface area contributed by atoms with Gasteiger partial charge in [-0.1, -0.05) is 0 Å². The highest BCUT2D eigenvalue weighted by Gasteiger charge is 2.13. The molecule has 2 aromatic rings. The minimum absolute atomic E-state index is 0.203. The fraction of sp³-hybridized carbons (Fsp3) is 0.0769. The summed E-state index contributed by atoms with van der Waals surface area (Å²) < 4.78 is 0. The van der Waals surface area contributed by atoms with Crippen LogP contribution in [0.25, 0.3) is 0 Å². The highest BCUT2D eigenvalue weighted by atomic mass is 16.1. The van der Waals surface area contributed by atoms with E-state index in [9.17, 15) is 4.79 Å². The van der Waals surface area contributed by atoms with Crippen molar-refractivity contribution in [3.63, 3.8) is 0 Å². The number of carbonyl (C=O) groups is 1. The number of nitriles is 2. The minimum Gasteiger partial charge on any atom is -0.304 e. The van der Waals surface area contributed by atoms with E-state index in [4.69, 9.17) is 10.5 Å². The molecule has 0 atom stereocenters. The highest BCUT2D eigenvalue weighted by Crippen LogP contribution is 2.15. The predicted molar refractivity (Wildman–Crippen MR) is 67.1 cm³/mol. The Hall–Kier alpha value is -3.12. The molecule has 0 unspecified atom stereocenters. The number of amides is 1. The standard InChI is InChI=1S/C13H9N5O/c1-8-11(7-15)12(18-17-8)16-13(19)10-4-2-9(6-14)3-5-10/h2-5H,1H3,(H2,16,17,18,19). The predicted octanol–water partition coefficient (Wildman–Crippen LogP) is 1.71. The van der Waals surface area contributed by atoms with Crippen molar-refractivity contribution in [2.75, 3.05) is 5.32 Å². The van der Waals surface area contributed by atoms with Crippen LogP contribution in [-0.4, -0.2) is 16.1 Å². The molecule has 92 valence electrons. The van der Waals surface area contributed by atoms with Gasteiger partial charge in [-0.25, -0.2) is 0 Å². The van der Waals surface area contributed by atoms with Crippen molar-refractivity contribution in [3.8, 4) is 12.1 Å². The van der Waals surface area contributed by atoms with Gasteiger partial charge in [0, 0.05) is 5.56 Å². The van der Waals surface area contributed by atoms with Crippen molar-refractivity contribution in [1.29, 1.82) is 10.5 Å². The number of anilines is 1. The molecule has 0 aliphatic rings. The van der Waals surface area contributed by atoms with E-state index >= 15 is 0 Å². The van der Waals surface area contributed by atoms with E-state index in [1.54, 1.807) is 31.2 Å². The molecule has 0 saturated carbocycles. The van der Waals surface area contributed by atoms with Crippen LogP contribution in [0.4, 0.5) is 5.82 Å². The lowest BCUT2D eigenvalue weighted by Gasteiger charge is -2.02. The third-order valence-corrected chi connectivity index (χ3v) is 2.57. The van der Waals surface area contributed by atoms with E-state index in [1.807, 2.05) is 12.1 Å². The molecule has 1 aromatic heterocycles. The number of carbonyl (C=O) groups excluding carboxylic acids is 1. The van der Waals surface area contributed by atoms with Crippen LogP contribution in [0.3, 0.4) is 0 Å². The van der Waals surface area contributed by atoms with Gasteiger partial charge >= 0.3 is 0 Å². The Labute approximate surface area is 109 Å². The van der Waals surface area contributed by atoms with E-state index in [0.29, 0.717) is 22.4 Å². The summed E-state index contributed by atoms with van der Waals surface area (Å²) in [6, 6.07) is 10.1. The van der Waals surface area contributed by atoms with Crippen molar-refractivity contribution < 1.29 is 4.79 Å². The van der Waals surface area contributed by atoms with Gasteiger partial charge in [-0.3, -0.25) is 9.89 Å². The Balaban J connectivity index is 2.21. The number of hydrogen-bond donors (Lipinski definition) is 2. The smallest absolute Gasteiger partial charge is 0.256 e. The Kier molecular flexibility index (Phi) is 3.26. The zero-order valence-electron chi connectivity index (χ0n) is 10.1. The quantitative estimate of drug-likeness (QED) is 0.847. The molecule has 6 heteroatoms. The number of nitrogens with zero attached hydrogens (tertiary/aromatic N) is 3. The van der Waals surface area contributed by atoms with E-state index in [2.05, 4.69) is 15.5 Å². The van der Waals surface area contributed by atoms with Crippen LogP contribution < -0.4 is 5.32 Å². The lowest BCUT2D eigenvalue weighted by Crippen LogP contribution is -2.13. The summed E-state index contributed by atoms with van der Waals surface area (Å²) in [6.45, 7) is 1.70. The van der Waals surface area contributed by atoms with Crippen LogP contribution in [0.2, 0.25) is 0 Å². The number of H-pyrrole nitrogens is 1. The maximum Gasteiger partial charge on any atom is 0.256 e. The second-order valence-corrected chi connectivity index (χ2v) is 3.83. The molecule has 0 spiro atoms. The number of aryl methyl sites for hydroxylation is 1. The second-order valence-electron chi connectivity index (χ2n) is 3.83. The first-order valence-electron chi connectivity index (χ1n) is 5.42. The molecule has 0 aliphatic carbocycles. The number of benzene rings is 1. The summed E-state index contributed by atoms with van der Waals surface area (Å²) in [4.78, 5) is 11.9. The van der Waals surface area contributed by atoms with Crippen LogP contribution in [-0.2, 0) is 0 Å². The minimum atomic E-state index is -0.382. The average Bonchev–Trinajstić information content (AvgIpc) is 2.79. The van der Waals surface area contributed by atoms with Gasteiger partial charge in [-0.15, -0.1) is 0 Å². The van der Waals surface area contributed by atoms with Gasteiger partial charge in [0.25, 0.3) is 5.91 Å².